The van der Waals surface area contributed by atoms with Gasteiger partial charge in [0.25, 0.3) is 0 Å². The van der Waals surface area contributed by atoms with Crippen LogP contribution in [0.2, 0.25) is 0 Å². The van der Waals surface area contributed by atoms with Crippen molar-refractivity contribution in [2.24, 2.45) is 0 Å². The predicted molar refractivity (Wildman–Crippen MR) is 78.0 cm³/mol. The fraction of sp³-hybridized carbons (Fsp3) is 1.00. The maximum Gasteiger partial charge on any atom is 0.0164 e. The van der Waals surface area contributed by atoms with Crippen molar-refractivity contribution in [3.63, 3.8) is 0 Å². The maximum absolute atomic E-state index is 3.34. The van der Waals surface area contributed by atoms with E-state index in [-0.39, 0.29) is 0 Å². The van der Waals surface area contributed by atoms with Crippen molar-refractivity contribution in [1.82, 2.24) is 4.72 Å². The zero-order valence-corrected chi connectivity index (χ0v) is 12.4. The Bertz CT molecular complexity index is 128. The van der Waals surface area contributed by atoms with Crippen molar-refractivity contribution in [3.8, 4) is 0 Å². The Morgan fingerprint density at radius 1 is 0.875 bits per heavy atom. The number of hydrogen-bond donors (Lipinski definition) is 1. The Balaban J connectivity index is 3.02. The first-order valence-corrected chi connectivity index (χ1v) is 8.07. The van der Waals surface area contributed by atoms with Crippen LogP contribution in [-0.4, -0.2) is 11.8 Å². The van der Waals surface area contributed by atoms with Crippen LogP contribution in [0.1, 0.15) is 78.6 Å². The first-order valence-electron chi connectivity index (χ1n) is 7.19. The van der Waals surface area contributed by atoms with Gasteiger partial charge in [-0.05, 0) is 6.42 Å². The lowest BCUT2D eigenvalue weighted by Crippen LogP contribution is -2.08. The Labute approximate surface area is 107 Å². The minimum atomic E-state index is 0.778. The van der Waals surface area contributed by atoms with Crippen LogP contribution in [0.3, 0.4) is 0 Å². The minimum absolute atomic E-state index is 0.778. The molecule has 0 aliphatic heterocycles. The molecule has 1 nitrogen and oxygen atoms in total. The molecule has 0 aliphatic carbocycles. The van der Waals surface area contributed by atoms with Crippen LogP contribution in [-0.2, 0) is 0 Å². The molecule has 0 heterocycles. The zero-order valence-electron chi connectivity index (χ0n) is 11.6. The molecule has 0 saturated heterocycles. The number of unbranched alkanes of at least 4 members (excludes halogenated alkanes) is 7. The summed E-state index contributed by atoms with van der Waals surface area (Å²) < 4.78 is 3.34. The smallest absolute Gasteiger partial charge is 0.0164 e. The van der Waals surface area contributed by atoms with Gasteiger partial charge in [-0.1, -0.05) is 84.1 Å². The van der Waals surface area contributed by atoms with Crippen LogP contribution in [0.25, 0.3) is 0 Å². The molecule has 98 valence electrons. The lowest BCUT2D eigenvalue weighted by atomic mass is 10.1. The molecule has 0 saturated carbocycles. The van der Waals surface area contributed by atoms with Crippen LogP contribution < -0.4 is 4.72 Å². The van der Waals surface area contributed by atoms with E-state index in [4.69, 9.17) is 0 Å². The molecular weight excluding hydrogens is 214 g/mol. The van der Waals surface area contributed by atoms with Gasteiger partial charge in [-0.2, -0.15) is 0 Å². The Morgan fingerprint density at radius 3 is 2.00 bits per heavy atom. The van der Waals surface area contributed by atoms with Crippen molar-refractivity contribution < 1.29 is 0 Å². The van der Waals surface area contributed by atoms with E-state index in [0.29, 0.717) is 0 Å². The molecule has 0 aromatic heterocycles. The zero-order chi connectivity index (χ0) is 12.1. The van der Waals surface area contributed by atoms with Crippen molar-refractivity contribution in [3.05, 3.63) is 0 Å². The first kappa shape index (κ1) is 16.3. The number of nitrogens with one attached hydrogen (secondary N) is 1. The van der Waals surface area contributed by atoms with Crippen LogP contribution in [0.4, 0.5) is 0 Å². The summed E-state index contributed by atoms with van der Waals surface area (Å²) in [5, 5.41) is 0.778. The van der Waals surface area contributed by atoms with E-state index in [0.717, 1.165) is 11.8 Å². The minimum Gasteiger partial charge on any atom is -0.264 e. The molecule has 0 rings (SSSR count). The van der Waals surface area contributed by atoms with Crippen LogP contribution in [0.15, 0.2) is 0 Å². The SMILES string of the molecule is CCCCCCCCCCC(C)SNCC. The molecular formula is C14H31NS. The molecule has 1 unspecified atom stereocenters. The van der Waals surface area contributed by atoms with E-state index < -0.39 is 0 Å². The van der Waals surface area contributed by atoms with Gasteiger partial charge in [0.15, 0.2) is 0 Å². The van der Waals surface area contributed by atoms with Crippen molar-refractivity contribution in [2.75, 3.05) is 6.54 Å². The predicted octanol–water partition coefficient (Wildman–Crippen LogP) is 5.16. The molecule has 1 atom stereocenters. The van der Waals surface area contributed by atoms with Gasteiger partial charge >= 0.3 is 0 Å². The second kappa shape index (κ2) is 13.4. The summed E-state index contributed by atoms with van der Waals surface area (Å²) in [6.07, 6.45) is 12.8. The van der Waals surface area contributed by atoms with Gasteiger partial charge in [0.1, 0.15) is 0 Å². The van der Waals surface area contributed by atoms with E-state index in [9.17, 15) is 0 Å². The third kappa shape index (κ3) is 12.4. The topological polar surface area (TPSA) is 12.0 Å². The van der Waals surface area contributed by atoms with E-state index in [2.05, 4.69) is 25.5 Å². The van der Waals surface area contributed by atoms with Gasteiger partial charge < -0.3 is 0 Å². The van der Waals surface area contributed by atoms with E-state index in [1.807, 2.05) is 11.9 Å². The van der Waals surface area contributed by atoms with E-state index in [1.54, 1.807) is 0 Å². The van der Waals surface area contributed by atoms with Gasteiger partial charge in [-0.15, -0.1) is 0 Å². The van der Waals surface area contributed by atoms with Crippen LogP contribution >= 0.6 is 11.9 Å². The Hall–Kier alpha value is 0.310. The second-order valence-corrected chi connectivity index (χ2v) is 6.02. The molecule has 0 aromatic carbocycles. The molecule has 2 heteroatoms. The van der Waals surface area contributed by atoms with Gasteiger partial charge in [-0.25, -0.2) is 0 Å². The van der Waals surface area contributed by atoms with Gasteiger partial charge in [0.2, 0.25) is 0 Å². The molecule has 0 spiro atoms. The van der Waals surface area contributed by atoms with Crippen molar-refractivity contribution >= 4 is 11.9 Å². The Kier molecular flexibility index (Phi) is 13.6. The fourth-order valence-corrected chi connectivity index (χ4v) is 2.59. The highest BCUT2D eigenvalue weighted by molar-refractivity contribution is 7.98. The van der Waals surface area contributed by atoms with Gasteiger partial charge in [0, 0.05) is 11.8 Å². The lowest BCUT2D eigenvalue weighted by Gasteiger charge is -2.10. The standard InChI is InChI=1S/C14H31NS/c1-4-6-7-8-9-10-11-12-13-14(3)16-15-5-2/h14-15H,4-13H2,1-3H3. The largest absolute Gasteiger partial charge is 0.264 e. The molecule has 0 radical (unpaired) electrons. The third-order valence-corrected chi connectivity index (χ3v) is 3.99. The molecule has 0 aromatic rings. The van der Waals surface area contributed by atoms with E-state index >= 15 is 0 Å². The highest BCUT2D eigenvalue weighted by Gasteiger charge is 2.01. The normalized spacial score (nSPS) is 12.9. The molecule has 0 fully saturated rings. The van der Waals surface area contributed by atoms with Crippen LogP contribution in [0, 0.1) is 0 Å². The summed E-state index contributed by atoms with van der Waals surface area (Å²) in [6, 6.07) is 0. The first-order chi connectivity index (χ1) is 7.81. The molecule has 16 heavy (non-hydrogen) atoms. The van der Waals surface area contributed by atoms with Crippen LogP contribution in [0.5, 0.6) is 0 Å². The second-order valence-electron chi connectivity index (χ2n) is 4.69. The summed E-state index contributed by atoms with van der Waals surface area (Å²) in [5.74, 6) is 0. The number of rotatable bonds is 12. The van der Waals surface area contributed by atoms with Crippen molar-refractivity contribution in [1.29, 1.82) is 0 Å². The summed E-state index contributed by atoms with van der Waals surface area (Å²) >= 11 is 1.90. The average Bonchev–Trinajstić information content (AvgIpc) is 2.30. The summed E-state index contributed by atoms with van der Waals surface area (Å²) in [6.45, 7) is 7.85. The highest BCUT2D eigenvalue weighted by Crippen LogP contribution is 2.15. The maximum atomic E-state index is 3.34. The highest BCUT2D eigenvalue weighted by atomic mass is 32.2. The summed E-state index contributed by atoms with van der Waals surface area (Å²) in [4.78, 5) is 0. The summed E-state index contributed by atoms with van der Waals surface area (Å²) in [5.41, 5.74) is 0. The van der Waals surface area contributed by atoms with Crippen molar-refractivity contribution in [2.45, 2.75) is 83.8 Å². The molecule has 0 bridgehead atoms. The average molecular weight is 245 g/mol. The fourth-order valence-electron chi connectivity index (χ4n) is 1.85. The Morgan fingerprint density at radius 2 is 1.44 bits per heavy atom. The molecule has 1 N–H and O–H groups in total. The number of hydrogen-bond acceptors (Lipinski definition) is 2. The summed E-state index contributed by atoms with van der Waals surface area (Å²) in [7, 11) is 0. The van der Waals surface area contributed by atoms with Gasteiger partial charge in [-0.3, -0.25) is 4.72 Å². The van der Waals surface area contributed by atoms with E-state index in [1.165, 1.54) is 57.8 Å². The monoisotopic (exact) mass is 245 g/mol. The lowest BCUT2D eigenvalue weighted by molar-refractivity contribution is 0.564. The quantitative estimate of drug-likeness (QED) is 0.376. The molecule has 0 aliphatic rings. The molecule has 0 amide bonds. The van der Waals surface area contributed by atoms with Gasteiger partial charge in [0.05, 0.1) is 0 Å². The third-order valence-electron chi connectivity index (χ3n) is 2.89.